The zero-order valence-corrected chi connectivity index (χ0v) is 10.3. The fourth-order valence-electron chi connectivity index (χ4n) is 1.59. The van der Waals surface area contributed by atoms with Gasteiger partial charge in [0.25, 0.3) is 0 Å². The number of hydrogen-bond acceptors (Lipinski definition) is 2. The third-order valence-corrected chi connectivity index (χ3v) is 3.00. The summed E-state index contributed by atoms with van der Waals surface area (Å²) in [4.78, 5) is 0. The van der Waals surface area contributed by atoms with Crippen LogP contribution in [0.2, 0.25) is 5.02 Å². The maximum atomic E-state index is 5.91. The Morgan fingerprint density at radius 2 is 2.31 bits per heavy atom. The first-order valence-corrected chi connectivity index (χ1v) is 6.31. The highest BCUT2D eigenvalue weighted by molar-refractivity contribution is 6.30. The van der Waals surface area contributed by atoms with Gasteiger partial charge in [-0.1, -0.05) is 24.6 Å². The summed E-state index contributed by atoms with van der Waals surface area (Å²) in [6, 6.07) is 8.32. The zero-order valence-electron chi connectivity index (χ0n) is 9.58. The highest BCUT2D eigenvalue weighted by Gasteiger charge is 2.21. The lowest BCUT2D eigenvalue weighted by Gasteiger charge is -2.18. The number of hydrogen-bond donors (Lipinski definition) is 1. The summed E-state index contributed by atoms with van der Waals surface area (Å²) >= 11 is 5.91. The van der Waals surface area contributed by atoms with Gasteiger partial charge in [0.2, 0.25) is 0 Å². The maximum Gasteiger partial charge on any atom is 0.121 e. The molecule has 1 aromatic carbocycles. The van der Waals surface area contributed by atoms with Crippen LogP contribution in [0, 0.1) is 0 Å². The van der Waals surface area contributed by atoms with Gasteiger partial charge in [-0.25, -0.2) is 0 Å². The molecule has 0 radical (unpaired) electrons. The molecule has 0 amide bonds. The third kappa shape index (κ3) is 3.69. The molecule has 88 valence electrons. The Morgan fingerprint density at radius 1 is 1.50 bits per heavy atom. The molecule has 0 bridgehead atoms. The van der Waals surface area contributed by atoms with Crippen molar-refractivity contribution in [2.75, 3.05) is 6.54 Å². The van der Waals surface area contributed by atoms with Crippen molar-refractivity contribution < 1.29 is 4.74 Å². The predicted molar refractivity (Wildman–Crippen MR) is 67.2 cm³/mol. The first kappa shape index (κ1) is 11.7. The van der Waals surface area contributed by atoms with E-state index in [-0.39, 0.29) is 6.10 Å². The van der Waals surface area contributed by atoms with Crippen LogP contribution in [0.1, 0.15) is 26.2 Å². The van der Waals surface area contributed by atoms with Crippen molar-refractivity contribution in [3.05, 3.63) is 29.3 Å². The summed E-state index contributed by atoms with van der Waals surface area (Å²) in [5, 5.41) is 4.21. The van der Waals surface area contributed by atoms with Crippen molar-refractivity contribution in [2.24, 2.45) is 0 Å². The molecule has 2 nitrogen and oxygen atoms in total. The molecule has 1 unspecified atom stereocenters. The topological polar surface area (TPSA) is 21.3 Å². The Morgan fingerprint density at radius 3 is 2.94 bits per heavy atom. The van der Waals surface area contributed by atoms with E-state index < -0.39 is 0 Å². The van der Waals surface area contributed by atoms with Gasteiger partial charge in [0.15, 0.2) is 0 Å². The van der Waals surface area contributed by atoms with Gasteiger partial charge >= 0.3 is 0 Å². The van der Waals surface area contributed by atoms with Gasteiger partial charge in [0.05, 0.1) is 0 Å². The van der Waals surface area contributed by atoms with Crippen LogP contribution in [-0.4, -0.2) is 18.7 Å². The van der Waals surface area contributed by atoms with Crippen LogP contribution in [-0.2, 0) is 0 Å². The summed E-state index contributed by atoms with van der Waals surface area (Å²) in [7, 11) is 0. The molecule has 0 heterocycles. The van der Waals surface area contributed by atoms with Crippen molar-refractivity contribution in [1.82, 2.24) is 5.32 Å². The molecule has 16 heavy (non-hydrogen) atoms. The molecular weight excluding hydrogens is 222 g/mol. The first-order chi connectivity index (χ1) is 7.78. The van der Waals surface area contributed by atoms with E-state index in [1.807, 2.05) is 24.3 Å². The van der Waals surface area contributed by atoms with Gasteiger partial charge < -0.3 is 10.1 Å². The largest absolute Gasteiger partial charge is 0.489 e. The predicted octanol–water partition coefficient (Wildman–Crippen LogP) is 3.25. The van der Waals surface area contributed by atoms with Crippen LogP contribution in [0.4, 0.5) is 0 Å². The maximum absolute atomic E-state index is 5.91. The van der Waals surface area contributed by atoms with Crippen molar-refractivity contribution in [2.45, 2.75) is 38.3 Å². The molecular formula is C13H18ClNO. The van der Waals surface area contributed by atoms with E-state index in [0.29, 0.717) is 0 Å². The minimum atomic E-state index is 0.235. The molecule has 0 aliphatic heterocycles. The molecule has 0 saturated heterocycles. The van der Waals surface area contributed by atoms with Crippen LogP contribution in [0.15, 0.2) is 24.3 Å². The second-order valence-corrected chi connectivity index (χ2v) is 4.72. The normalized spacial score (nSPS) is 17.1. The van der Waals surface area contributed by atoms with Crippen LogP contribution in [0.3, 0.4) is 0 Å². The third-order valence-electron chi connectivity index (χ3n) is 2.77. The Kier molecular flexibility index (Phi) is 4.08. The van der Waals surface area contributed by atoms with Gasteiger partial charge in [-0.15, -0.1) is 0 Å². The molecule has 1 N–H and O–H groups in total. The molecule has 1 atom stereocenters. The van der Waals surface area contributed by atoms with Crippen LogP contribution in [0.25, 0.3) is 0 Å². The summed E-state index contributed by atoms with van der Waals surface area (Å²) < 4.78 is 5.88. The lowest BCUT2D eigenvalue weighted by atomic mass is 10.2. The molecule has 1 fully saturated rings. The number of halogens is 1. The summed E-state index contributed by atoms with van der Waals surface area (Å²) in [5.74, 6) is 0.858. The fourth-order valence-corrected chi connectivity index (χ4v) is 1.77. The minimum Gasteiger partial charge on any atom is -0.489 e. The summed E-state index contributed by atoms with van der Waals surface area (Å²) in [6.07, 6.45) is 3.87. The smallest absolute Gasteiger partial charge is 0.121 e. The second-order valence-electron chi connectivity index (χ2n) is 4.29. The van der Waals surface area contributed by atoms with Gasteiger partial charge in [0.1, 0.15) is 11.9 Å². The SMILES string of the molecule is CCC(CNC1CC1)Oc1cccc(Cl)c1. The molecule has 1 aromatic rings. The van der Waals surface area contributed by atoms with E-state index in [9.17, 15) is 0 Å². The minimum absolute atomic E-state index is 0.235. The summed E-state index contributed by atoms with van der Waals surface area (Å²) in [6.45, 7) is 3.07. The van der Waals surface area contributed by atoms with E-state index in [1.54, 1.807) is 0 Å². The van der Waals surface area contributed by atoms with E-state index in [4.69, 9.17) is 16.3 Å². The quantitative estimate of drug-likeness (QED) is 0.823. The van der Waals surface area contributed by atoms with Crippen LogP contribution in [0.5, 0.6) is 5.75 Å². The van der Waals surface area contributed by atoms with E-state index in [0.717, 1.165) is 29.8 Å². The lowest BCUT2D eigenvalue weighted by molar-refractivity contribution is 0.193. The van der Waals surface area contributed by atoms with Crippen LogP contribution >= 0.6 is 11.6 Å². The van der Waals surface area contributed by atoms with Crippen molar-refractivity contribution in [3.8, 4) is 5.75 Å². The van der Waals surface area contributed by atoms with Crippen LogP contribution < -0.4 is 10.1 Å². The van der Waals surface area contributed by atoms with E-state index in [1.165, 1.54) is 12.8 Å². The van der Waals surface area contributed by atoms with Gasteiger partial charge in [-0.3, -0.25) is 0 Å². The van der Waals surface area contributed by atoms with Crippen molar-refractivity contribution in [1.29, 1.82) is 0 Å². The number of rotatable bonds is 6. The summed E-state index contributed by atoms with van der Waals surface area (Å²) in [5.41, 5.74) is 0. The molecule has 0 spiro atoms. The Labute approximate surface area is 102 Å². The van der Waals surface area contributed by atoms with Crippen molar-refractivity contribution in [3.63, 3.8) is 0 Å². The zero-order chi connectivity index (χ0) is 11.4. The molecule has 1 saturated carbocycles. The van der Waals surface area contributed by atoms with Gasteiger partial charge in [-0.05, 0) is 37.5 Å². The number of benzene rings is 1. The second kappa shape index (κ2) is 5.55. The Bertz CT molecular complexity index is 338. The Balaban J connectivity index is 1.84. The molecule has 1 aliphatic carbocycles. The van der Waals surface area contributed by atoms with Gasteiger partial charge in [-0.2, -0.15) is 0 Å². The van der Waals surface area contributed by atoms with Gasteiger partial charge in [0, 0.05) is 17.6 Å². The van der Waals surface area contributed by atoms with E-state index in [2.05, 4.69) is 12.2 Å². The number of ether oxygens (including phenoxy) is 1. The molecule has 0 aromatic heterocycles. The fraction of sp³-hybridized carbons (Fsp3) is 0.538. The standard InChI is InChI=1S/C13H18ClNO/c1-2-12(9-15-11-6-7-11)16-13-5-3-4-10(14)8-13/h3-5,8,11-12,15H,2,6-7,9H2,1H3. The Hall–Kier alpha value is -0.730. The average Bonchev–Trinajstić information content (AvgIpc) is 3.08. The number of nitrogens with one attached hydrogen (secondary N) is 1. The molecule has 3 heteroatoms. The first-order valence-electron chi connectivity index (χ1n) is 5.93. The lowest BCUT2D eigenvalue weighted by Crippen LogP contribution is -2.32. The molecule has 2 rings (SSSR count). The van der Waals surface area contributed by atoms with Crippen molar-refractivity contribution >= 4 is 11.6 Å². The van der Waals surface area contributed by atoms with E-state index >= 15 is 0 Å². The highest BCUT2D eigenvalue weighted by Crippen LogP contribution is 2.21. The molecule has 1 aliphatic rings. The highest BCUT2D eigenvalue weighted by atomic mass is 35.5. The average molecular weight is 240 g/mol. The monoisotopic (exact) mass is 239 g/mol.